The molecule has 0 amide bonds. The third kappa shape index (κ3) is 1.19. The molecule has 82 valence electrons. The standard InChI is InChI=1S/C8H15NO5/c9-4-1-8(4)7(13)6(12)5(11)3(2-10)14-8/h3-7,10-13H,1-2,9H2/t3-,4+,5-,6+,7+,8-/m1/s1. The van der Waals surface area contributed by atoms with Gasteiger partial charge < -0.3 is 30.9 Å². The second-order valence-electron chi connectivity index (χ2n) is 4.03. The van der Waals surface area contributed by atoms with E-state index in [0.717, 1.165) is 0 Å². The predicted molar refractivity (Wildman–Crippen MR) is 45.3 cm³/mol. The zero-order valence-corrected chi connectivity index (χ0v) is 7.58. The molecule has 2 aliphatic rings. The van der Waals surface area contributed by atoms with Gasteiger partial charge in [-0.05, 0) is 6.42 Å². The molecule has 6 atom stereocenters. The second-order valence-corrected chi connectivity index (χ2v) is 4.03. The van der Waals surface area contributed by atoms with Gasteiger partial charge in [0.2, 0.25) is 0 Å². The SMILES string of the molecule is N[C@H]1C[C@@]12O[C@H](CO)[C@@H](O)[C@H](O)[C@@H]2O. The maximum absolute atomic E-state index is 9.63. The molecule has 0 bridgehead atoms. The Labute approximate surface area is 80.9 Å². The summed E-state index contributed by atoms with van der Waals surface area (Å²) in [4.78, 5) is 0. The van der Waals surface area contributed by atoms with Crippen molar-refractivity contribution in [1.82, 2.24) is 0 Å². The normalized spacial score (nSPS) is 57.6. The number of aliphatic hydroxyl groups excluding tert-OH is 4. The van der Waals surface area contributed by atoms with Gasteiger partial charge in [-0.25, -0.2) is 0 Å². The summed E-state index contributed by atoms with van der Waals surface area (Å²) in [6.45, 7) is -0.403. The molecule has 0 unspecified atom stereocenters. The van der Waals surface area contributed by atoms with E-state index in [2.05, 4.69) is 0 Å². The summed E-state index contributed by atoms with van der Waals surface area (Å²) >= 11 is 0. The minimum absolute atomic E-state index is 0.339. The van der Waals surface area contributed by atoms with Crippen LogP contribution < -0.4 is 5.73 Å². The molecule has 14 heavy (non-hydrogen) atoms. The average Bonchev–Trinajstić information content (AvgIpc) is 2.81. The van der Waals surface area contributed by atoms with Crippen molar-refractivity contribution in [3.05, 3.63) is 0 Å². The molecule has 0 aromatic rings. The molecule has 1 spiro atoms. The number of nitrogens with two attached hydrogens (primary N) is 1. The van der Waals surface area contributed by atoms with Crippen molar-refractivity contribution < 1.29 is 25.2 Å². The van der Waals surface area contributed by atoms with Crippen LogP contribution in [0.1, 0.15) is 6.42 Å². The van der Waals surface area contributed by atoms with Crippen molar-refractivity contribution in [2.45, 2.75) is 42.5 Å². The van der Waals surface area contributed by atoms with E-state index in [1.54, 1.807) is 0 Å². The van der Waals surface area contributed by atoms with Crippen LogP contribution in [0.25, 0.3) is 0 Å². The minimum atomic E-state index is -1.31. The number of hydrogen-bond acceptors (Lipinski definition) is 6. The van der Waals surface area contributed by atoms with Crippen molar-refractivity contribution in [2.24, 2.45) is 5.73 Å². The lowest BCUT2D eigenvalue weighted by Crippen LogP contribution is -2.61. The average molecular weight is 205 g/mol. The topological polar surface area (TPSA) is 116 Å². The van der Waals surface area contributed by atoms with E-state index in [1.807, 2.05) is 0 Å². The smallest absolute Gasteiger partial charge is 0.114 e. The van der Waals surface area contributed by atoms with E-state index in [0.29, 0.717) is 6.42 Å². The highest BCUT2D eigenvalue weighted by Crippen LogP contribution is 2.47. The fourth-order valence-electron chi connectivity index (χ4n) is 2.02. The van der Waals surface area contributed by atoms with Crippen molar-refractivity contribution >= 4 is 0 Å². The second kappa shape index (κ2) is 3.13. The van der Waals surface area contributed by atoms with Gasteiger partial charge in [-0.2, -0.15) is 0 Å². The van der Waals surface area contributed by atoms with E-state index in [1.165, 1.54) is 0 Å². The van der Waals surface area contributed by atoms with Crippen LogP contribution in [0.3, 0.4) is 0 Å². The Bertz CT molecular complexity index is 236. The number of ether oxygens (including phenoxy) is 1. The van der Waals surface area contributed by atoms with Crippen LogP contribution in [0.5, 0.6) is 0 Å². The van der Waals surface area contributed by atoms with Gasteiger partial charge in [0.25, 0.3) is 0 Å². The number of hydrogen-bond donors (Lipinski definition) is 5. The Morgan fingerprint density at radius 2 is 1.86 bits per heavy atom. The fourth-order valence-corrected chi connectivity index (χ4v) is 2.02. The predicted octanol–water partition coefficient (Wildman–Crippen LogP) is -3.07. The first-order chi connectivity index (χ1) is 6.53. The first-order valence-electron chi connectivity index (χ1n) is 4.61. The molecule has 2 fully saturated rings. The fraction of sp³-hybridized carbons (Fsp3) is 1.00. The molecule has 1 saturated carbocycles. The molecule has 2 rings (SSSR count). The van der Waals surface area contributed by atoms with E-state index >= 15 is 0 Å². The molecule has 6 heteroatoms. The monoisotopic (exact) mass is 205 g/mol. The Morgan fingerprint density at radius 1 is 1.29 bits per heavy atom. The van der Waals surface area contributed by atoms with Gasteiger partial charge in [-0.3, -0.25) is 0 Å². The van der Waals surface area contributed by atoms with Gasteiger partial charge in [-0.1, -0.05) is 0 Å². The summed E-state index contributed by atoms with van der Waals surface area (Å²) in [6, 6.07) is -0.339. The van der Waals surface area contributed by atoms with Crippen LogP contribution in [-0.2, 0) is 4.74 Å². The van der Waals surface area contributed by atoms with Crippen LogP contribution in [-0.4, -0.2) is 63.1 Å². The molecule has 0 radical (unpaired) electrons. The first-order valence-corrected chi connectivity index (χ1v) is 4.61. The largest absolute Gasteiger partial charge is 0.394 e. The molecule has 6 N–H and O–H groups in total. The Hall–Kier alpha value is -0.240. The summed E-state index contributed by atoms with van der Waals surface area (Å²) in [5, 5.41) is 37.4. The third-order valence-corrected chi connectivity index (χ3v) is 3.11. The molecule has 1 aliphatic heterocycles. The molecular formula is C8H15NO5. The third-order valence-electron chi connectivity index (χ3n) is 3.11. The van der Waals surface area contributed by atoms with E-state index in [-0.39, 0.29) is 6.04 Å². The first kappa shape index (κ1) is 10.3. The van der Waals surface area contributed by atoms with E-state index < -0.39 is 36.6 Å². The van der Waals surface area contributed by atoms with Crippen LogP contribution in [0, 0.1) is 0 Å². The quantitative estimate of drug-likeness (QED) is 0.310. The lowest BCUT2D eigenvalue weighted by molar-refractivity contribution is -0.241. The highest BCUT2D eigenvalue weighted by Gasteiger charge is 2.65. The van der Waals surface area contributed by atoms with Gasteiger partial charge in [-0.15, -0.1) is 0 Å². The summed E-state index contributed by atoms with van der Waals surface area (Å²) < 4.78 is 5.31. The van der Waals surface area contributed by atoms with Crippen molar-refractivity contribution in [3.8, 4) is 0 Å². The molecule has 1 heterocycles. The van der Waals surface area contributed by atoms with E-state index in [9.17, 15) is 15.3 Å². The zero-order valence-electron chi connectivity index (χ0n) is 7.58. The maximum atomic E-state index is 9.63. The van der Waals surface area contributed by atoms with Gasteiger partial charge in [0.15, 0.2) is 0 Å². The van der Waals surface area contributed by atoms with Crippen molar-refractivity contribution in [3.63, 3.8) is 0 Å². The summed E-state index contributed by atoms with van der Waals surface area (Å²) in [5.41, 5.74) is 4.62. The molecule has 6 nitrogen and oxygen atoms in total. The van der Waals surface area contributed by atoms with Gasteiger partial charge in [0, 0.05) is 6.04 Å². The summed E-state index contributed by atoms with van der Waals surface area (Å²) in [5.74, 6) is 0. The van der Waals surface area contributed by atoms with Crippen molar-refractivity contribution in [1.29, 1.82) is 0 Å². The lowest BCUT2D eigenvalue weighted by atomic mass is 9.93. The molecule has 0 aromatic heterocycles. The number of aliphatic hydroxyl groups is 4. The van der Waals surface area contributed by atoms with Crippen LogP contribution in [0.15, 0.2) is 0 Å². The minimum Gasteiger partial charge on any atom is -0.394 e. The lowest BCUT2D eigenvalue weighted by Gasteiger charge is -2.41. The molecule has 1 aliphatic carbocycles. The van der Waals surface area contributed by atoms with Crippen molar-refractivity contribution in [2.75, 3.05) is 6.61 Å². The molecular weight excluding hydrogens is 190 g/mol. The molecule has 0 aromatic carbocycles. The van der Waals surface area contributed by atoms with Crippen LogP contribution in [0.2, 0.25) is 0 Å². The van der Waals surface area contributed by atoms with Gasteiger partial charge in [0.1, 0.15) is 30.0 Å². The Morgan fingerprint density at radius 3 is 2.29 bits per heavy atom. The van der Waals surface area contributed by atoms with Gasteiger partial charge in [0.05, 0.1) is 6.61 Å². The molecule has 1 saturated heterocycles. The summed E-state index contributed by atoms with van der Waals surface area (Å²) in [7, 11) is 0. The highest BCUT2D eigenvalue weighted by atomic mass is 16.6. The van der Waals surface area contributed by atoms with Crippen LogP contribution >= 0.6 is 0 Å². The van der Waals surface area contributed by atoms with Gasteiger partial charge >= 0.3 is 0 Å². The Balaban J connectivity index is 2.16. The Kier molecular flexibility index (Phi) is 2.30. The summed E-state index contributed by atoms with van der Waals surface area (Å²) in [6.07, 6.45) is -4.20. The van der Waals surface area contributed by atoms with Crippen LogP contribution in [0.4, 0.5) is 0 Å². The zero-order chi connectivity index (χ0) is 10.5. The maximum Gasteiger partial charge on any atom is 0.114 e. The number of rotatable bonds is 1. The highest BCUT2D eigenvalue weighted by molar-refractivity contribution is 5.19. The van der Waals surface area contributed by atoms with E-state index in [4.69, 9.17) is 15.6 Å².